The number of carbonyl (C=O) groups excluding carboxylic acids is 1. The van der Waals surface area contributed by atoms with Crippen LogP contribution in [0.25, 0.3) is 0 Å². The summed E-state index contributed by atoms with van der Waals surface area (Å²) in [6, 6.07) is 0.767. The molecule has 0 radical (unpaired) electrons. The van der Waals surface area contributed by atoms with Gasteiger partial charge >= 0.3 is 0 Å². The molecule has 2 rings (SSSR count). The van der Waals surface area contributed by atoms with Crippen molar-refractivity contribution in [1.29, 1.82) is 0 Å². The van der Waals surface area contributed by atoms with Gasteiger partial charge in [0, 0.05) is 25.0 Å². The lowest BCUT2D eigenvalue weighted by molar-refractivity contribution is -0.122. The number of hydrogen-bond donors (Lipinski definition) is 1. The summed E-state index contributed by atoms with van der Waals surface area (Å²) in [5, 5.41) is 3.02. The number of carbonyl (C=O) groups is 1. The molecule has 2 aliphatic carbocycles. The quantitative estimate of drug-likeness (QED) is 0.743. The van der Waals surface area contributed by atoms with Crippen molar-refractivity contribution in [2.45, 2.75) is 44.6 Å². The summed E-state index contributed by atoms with van der Waals surface area (Å²) in [6.07, 6.45) is 7.64. The van der Waals surface area contributed by atoms with E-state index in [2.05, 4.69) is 17.3 Å². The number of likely N-dealkylation sites (N-methyl/N-ethyl adjacent to an activating group) is 1. The predicted molar refractivity (Wildman–Crippen MR) is 60.6 cm³/mol. The molecule has 0 aromatic heterocycles. The Labute approximate surface area is 92.2 Å². The van der Waals surface area contributed by atoms with Crippen molar-refractivity contribution in [2.75, 3.05) is 20.1 Å². The molecule has 0 heterocycles. The van der Waals surface area contributed by atoms with Crippen molar-refractivity contribution in [1.82, 2.24) is 10.2 Å². The molecular formula is C12H22N2O. The minimum atomic E-state index is 0.273. The summed E-state index contributed by atoms with van der Waals surface area (Å²) >= 11 is 0. The van der Waals surface area contributed by atoms with Crippen molar-refractivity contribution >= 4 is 5.91 Å². The molecule has 0 aromatic rings. The number of amides is 1. The second kappa shape index (κ2) is 4.97. The number of hydrogen-bond acceptors (Lipinski definition) is 2. The summed E-state index contributed by atoms with van der Waals surface area (Å²) in [7, 11) is 2.18. The van der Waals surface area contributed by atoms with E-state index < -0.39 is 0 Å². The molecule has 86 valence electrons. The number of nitrogens with zero attached hydrogens (tertiary/aromatic N) is 1. The first kappa shape index (κ1) is 10.9. The van der Waals surface area contributed by atoms with E-state index in [1.807, 2.05) is 0 Å². The summed E-state index contributed by atoms with van der Waals surface area (Å²) < 4.78 is 0. The smallest absolute Gasteiger partial charge is 0.223 e. The van der Waals surface area contributed by atoms with Gasteiger partial charge < -0.3 is 10.2 Å². The first-order valence-corrected chi connectivity index (χ1v) is 6.25. The third-order valence-corrected chi connectivity index (χ3v) is 3.66. The van der Waals surface area contributed by atoms with Gasteiger partial charge in [0.1, 0.15) is 0 Å². The molecule has 0 atom stereocenters. The Kier molecular flexibility index (Phi) is 3.62. The molecule has 2 saturated carbocycles. The second-order valence-corrected chi connectivity index (χ2v) is 4.98. The van der Waals surface area contributed by atoms with Crippen molar-refractivity contribution in [3.63, 3.8) is 0 Å². The summed E-state index contributed by atoms with van der Waals surface area (Å²) in [6.45, 7) is 1.82. The highest BCUT2D eigenvalue weighted by Gasteiger charge is 2.29. The molecule has 3 heteroatoms. The van der Waals surface area contributed by atoms with E-state index in [0.717, 1.165) is 32.0 Å². The number of rotatable bonds is 5. The minimum Gasteiger partial charge on any atom is -0.355 e. The maximum Gasteiger partial charge on any atom is 0.223 e. The molecule has 3 nitrogen and oxygen atoms in total. The van der Waals surface area contributed by atoms with Crippen LogP contribution in [0, 0.1) is 5.92 Å². The zero-order chi connectivity index (χ0) is 10.7. The largest absolute Gasteiger partial charge is 0.355 e. The lowest BCUT2D eigenvalue weighted by Crippen LogP contribution is -2.37. The lowest BCUT2D eigenvalue weighted by Gasteiger charge is -2.23. The van der Waals surface area contributed by atoms with Crippen LogP contribution in [0.3, 0.4) is 0 Å². The fourth-order valence-electron chi connectivity index (χ4n) is 2.37. The first-order valence-electron chi connectivity index (χ1n) is 6.25. The van der Waals surface area contributed by atoms with E-state index in [9.17, 15) is 4.79 Å². The van der Waals surface area contributed by atoms with Crippen LogP contribution in [0.5, 0.6) is 0 Å². The third kappa shape index (κ3) is 3.20. The van der Waals surface area contributed by atoms with Crippen molar-refractivity contribution in [3.8, 4) is 0 Å². The molecule has 2 fully saturated rings. The van der Waals surface area contributed by atoms with Crippen molar-refractivity contribution < 1.29 is 4.79 Å². The fraction of sp³-hybridized carbons (Fsp3) is 0.917. The van der Waals surface area contributed by atoms with Crippen LogP contribution in [-0.4, -0.2) is 37.0 Å². The maximum absolute atomic E-state index is 11.4. The summed E-state index contributed by atoms with van der Waals surface area (Å²) in [5.74, 6) is 0.622. The van der Waals surface area contributed by atoms with E-state index >= 15 is 0 Å². The Bertz CT molecular complexity index is 220. The van der Waals surface area contributed by atoms with E-state index in [-0.39, 0.29) is 5.91 Å². The molecule has 0 bridgehead atoms. The van der Waals surface area contributed by atoms with Crippen LogP contribution in [0.15, 0.2) is 0 Å². The highest BCUT2D eigenvalue weighted by Crippen LogP contribution is 2.28. The van der Waals surface area contributed by atoms with Gasteiger partial charge in [-0.05, 0) is 32.7 Å². The normalized spacial score (nSPS) is 22.3. The highest BCUT2D eigenvalue weighted by atomic mass is 16.2. The summed E-state index contributed by atoms with van der Waals surface area (Å²) in [5.41, 5.74) is 0. The highest BCUT2D eigenvalue weighted by molar-refractivity contribution is 5.80. The van der Waals surface area contributed by atoms with Gasteiger partial charge in [-0.15, -0.1) is 0 Å². The van der Waals surface area contributed by atoms with Gasteiger partial charge in [0.2, 0.25) is 5.91 Å². The molecule has 15 heavy (non-hydrogen) atoms. The molecule has 0 spiro atoms. The Morgan fingerprint density at radius 3 is 2.53 bits per heavy atom. The average Bonchev–Trinajstić information content (AvgIpc) is 2.93. The third-order valence-electron chi connectivity index (χ3n) is 3.66. The van der Waals surface area contributed by atoms with Gasteiger partial charge in [-0.25, -0.2) is 0 Å². The minimum absolute atomic E-state index is 0.273. The molecule has 2 aliphatic rings. The Balaban J connectivity index is 1.57. The molecule has 0 aliphatic heterocycles. The topological polar surface area (TPSA) is 32.3 Å². The Hall–Kier alpha value is -0.570. The van der Waals surface area contributed by atoms with Crippen molar-refractivity contribution in [2.24, 2.45) is 5.92 Å². The van der Waals surface area contributed by atoms with Gasteiger partial charge in [-0.1, -0.05) is 12.8 Å². The van der Waals surface area contributed by atoms with Gasteiger partial charge in [0.05, 0.1) is 0 Å². The fourth-order valence-corrected chi connectivity index (χ4v) is 2.37. The maximum atomic E-state index is 11.4. The van der Waals surface area contributed by atoms with Crippen LogP contribution < -0.4 is 5.32 Å². The molecule has 0 aromatic carbocycles. The van der Waals surface area contributed by atoms with E-state index in [0.29, 0.717) is 5.92 Å². The molecule has 1 amide bonds. The van der Waals surface area contributed by atoms with Crippen LogP contribution >= 0.6 is 0 Å². The van der Waals surface area contributed by atoms with Crippen LogP contribution in [0.2, 0.25) is 0 Å². The van der Waals surface area contributed by atoms with Gasteiger partial charge in [0.15, 0.2) is 0 Å². The predicted octanol–water partition coefficient (Wildman–Crippen LogP) is 1.39. The summed E-state index contributed by atoms with van der Waals surface area (Å²) in [4.78, 5) is 13.8. The second-order valence-electron chi connectivity index (χ2n) is 4.98. The average molecular weight is 210 g/mol. The van der Waals surface area contributed by atoms with Crippen LogP contribution in [0.1, 0.15) is 38.5 Å². The molecular weight excluding hydrogens is 188 g/mol. The van der Waals surface area contributed by atoms with E-state index in [4.69, 9.17) is 0 Å². The van der Waals surface area contributed by atoms with Crippen molar-refractivity contribution in [3.05, 3.63) is 0 Å². The zero-order valence-corrected chi connectivity index (χ0v) is 9.67. The monoisotopic (exact) mass is 210 g/mol. The van der Waals surface area contributed by atoms with Crippen LogP contribution in [-0.2, 0) is 4.79 Å². The first-order chi connectivity index (χ1) is 7.27. The zero-order valence-electron chi connectivity index (χ0n) is 9.67. The molecule has 0 saturated heterocycles. The van der Waals surface area contributed by atoms with E-state index in [1.165, 1.54) is 25.7 Å². The Morgan fingerprint density at radius 2 is 1.93 bits per heavy atom. The van der Waals surface area contributed by atoms with Gasteiger partial charge in [-0.2, -0.15) is 0 Å². The number of nitrogens with one attached hydrogen (secondary N) is 1. The lowest BCUT2D eigenvalue weighted by atomic mass is 10.2. The SMILES string of the molecule is CN(CCNC(=O)C1CC1)C1CCCC1. The Morgan fingerprint density at radius 1 is 1.27 bits per heavy atom. The van der Waals surface area contributed by atoms with Crippen LogP contribution in [0.4, 0.5) is 0 Å². The van der Waals surface area contributed by atoms with Gasteiger partial charge in [0.25, 0.3) is 0 Å². The van der Waals surface area contributed by atoms with E-state index in [1.54, 1.807) is 0 Å². The molecule has 1 N–H and O–H groups in total. The molecule has 0 unspecified atom stereocenters. The van der Waals surface area contributed by atoms with Gasteiger partial charge in [-0.3, -0.25) is 4.79 Å². The standard InChI is InChI=1S/C12H22N2O/c1-14(11-4-2-3-5-11)9-8-13-12(15)10-6-7-10/h10-11H,2-9H2,1H3,(H,13,15).